The average molecular weight is 208 g/mol. The first-order valence-corrected chi connectivity index (χ1v) is 5.38. The van der Waals surface area contributed by atoms with Gasteiger partial charge in [0, 0.05) is 18.6 Å². The van der Waals surface area contributed by atoms with Crippen LogP contribution in [0.1, 0.15) is 13.3 Å². The minimum Gasteiger partial charge on any atom is -0.379 e. The van der Waals surface area contributed by atoms with Crippen molar-refractivity contribution in [2.45, 2.75) is 25.4 Å². The maximum Gasteiger partial charge on any atom is 0.146 e. The molecule has 1 fully saturated rings. The van der Waals surface area contributed by atoms with Crippen LogP contribution in [0.2, 0.25) is 0 Å². The summed E-state index contributed by atoms with van der Waals surface area (Å²) in [7, 11) is 2.10. The first kappa shape index (κ1) is 10.4. The standard InChI is InChI=1S/C12H17FN2/c1-9-7-10(8-15(9)2)14-12-6-4-3-5-11(12)13/h3-6,9-10,14H,7-8H2,1-2H3. The molecule has 0 bridgehead atoms. The Labute approximate surface area is 90.1 Å². The number of benzene rings is 1. The van der Waals surface area contributed by atoms with Gasteiger partial charge in [-0.15, -0.1) is 0 Å². The molecule has 2 nitrogen and oxygen atoms in total. The predicted octanol–water partition coefficient (Wildman–Crippen LogP) is 2.33. The molecule has 0 aromatic heterocycles. The van der Waals surface area contributed by atoms with E-state index in [-0.39, 0.29) is 5.82 Å². The Balaban J connectivity index is 2.01. The van der Waals surface area contributed by atoms with Gasteiger partial charge in [0.2, 0.25) is 0 Å². The fraction of sp³-hybridized carbons (Fsp3) is 0.500. The highest BCUT2D eigenvalue weighted by molar-refractivity contribution is 5.45. The molecule has 0 saturated carbocycles. The number of para-hydroxylation sites is 1. The number of rotatable bonds is 2. The monoisotopic (exact) mass is 208 g/mol. The van der Waals surface area contributed by atoms with Gasteiger partial charge in [0.05, 0.1) is 5.69 Å². The van der Waals surface area contributed by atoms with Crippen molar-refractivity contribution in [3.05, 3.63) is 30.1 Å². The number of anilines is 1. The van der Waals surface area contributed by atoms with Gasteiger partial charge in [-0.1, -0.05) is 12.1 Å². The molecule has 1 aliphatic rings. The topological polar surface area (TPSA) is 15.3 Å². The van der Waals surface area contributed by atoms with Crippen LogP contribution in [-0.4, -0.2) is 30.6 Å². The number of nitrogens with one attached hydrogen (secondary N) is 1. The molecule has 2 unspecified atom stereocenters. The molecule has 15 heavy (non-hydrogen) atoms. The van der Waals surface area contributed by atoms with Gasteiger partial charge >= 0.3 is 0 Å². The smallest absolute Gasteiger partial charge is 0.146 e. The lowest BCUT2D eigenvalue weighted by atomic mass is 10.2. The molecule has 3 heteroatoms. The first-order chi connectivity index (χ1) is 7.16. The molecule has 0 amide bonds. The maximum atomic E-state index is 13.4. The molecule has 1 N–H and O–H groups in total. The highest BCUT2D eigenvalue weighted by Crippen LogP contribution is 2.21. The average Bonchev–Trinajstić information content (AvgIpc) is 2.50. The summed E-state index contributed by atoms with van der Waals surface area (Å²) < 4.78 is 13.4. The van der Waals surface area contributed by atoms with Gasteiger partial charge in [-0.25, -0.2) is 4.39 Å². The second-order valence-electron chi connectivity index (χ2n) is 4.35. The van der Waals surface area contributed by atoms with Crippen molar-refractivity contribution < 1.29 is 4.39 Å². The van der Waals surface area contributed by atoms with E-state index in [1.165, 1.54) is 6.07 Å². The maximum absolute atomic E-state index is 13.4. The van der Waals surface area contributed by atoms with Gasteiger partial charge in [-0.05, 0) is 32.5 Å². The molecule has 0 aliphatic carbocycles. The van der Waals surface area contributed by atoms with Crippen LogP contribution in [0, 0.1) is 5.82 Å². The van der Waals surface area contributed by atoms with E-state index in [1.54, 1.807) is 12.1 Å². The van der Waals surface area contributed by atoms with E-state index >= 15 is 0 Å². The van der Waals surface area contributed by atoms with Crippen molar-refractivity contribution in [3.63, 3.8) is 0 Å². The lowest BCUT2D eigenvalue weighted by Crippen LogP contribution is -2.25. The Kier molecular flexibility index (Phi) is 2.91. The predicted molar refractivity (Wildman–Crippen MR) is 60.5 cm³/mol. The van der Waals surface area contributed by atoms with Crippen molar-refractivity contribution in [1.29, 1.82) is 0 Å². The lowest BCUT2D eigenvalue weighted by molar-refractivity contribution is 0.330. The molecule has 1 heterocycles. The molecule has 1 saturated heterocycles. The van der Waals surface area contributed by atoms with Crippen LogP contribution in [0.15, 0.2) is 24.3 Å². The summed E-state index contributed by atoms with van der Waals surface area (Å²) in [6, 6.07) is 7.79. The fourth-order valence-corrected chi connectivity index (χ4v) is 2.10. The molecular weight excluding hydrogens is 191 g/mol. The van der Waals surface area contributed by atoms with Crippen LogP contribution in [0.3, 0.4) is 0 Å². The zero-order valence-electron chi connectivity index (χ0n) is 9.20. The second-order valence-corrected chi connectivity index (χ2v) is 4.35. The zero-order chi connectivity index (χ0) is 10.8. The van der Waals surface area contributed by atoms with E-state index in [0.29, 0.717) is 17.8 Å². The molecule has 1 aliphatic heterocycles. The third-order valence-electron chi connectivity index (χ3n) is 3.12. The van der Waals surface area contributed by atoms with E-state index in [1.807, 2.05) is 6.07 Å². The first-order valence-electron chi connectivity index (χ1n) is 5.38. The Morgan fingerprint density at radius 3 is 2.73 bits per heavy atom. The van der Waals surface area contributed by atoms with Gasteiger partial charge in [0.1, 0.15) is 5.82 Å². The molecule has 0 spiro atoms. The van der Waals surface area contributed by atoms with Crippen LogP contribution in [-0.2, 0) is 0 Å². The third kappa shape index (κ3) is 2.29. The van der Waals surface area contributed by atoms with E-state index in [0.717, 1.165) is 13.0 Å². The number of hydrogen-bond donors (Lipinski definition) is 1. The molecule has 2 atom stereocenters. The van der Waals surface area contributed by atoms with Crippen molar-refractivity contribution in [3.8, 4) is 0 Å². The number of likely N-dealkylation sites (N-methyl/N-ethyl adjacent to an activating group) is 1. The van der Waals surface area contributed by atoms with Crippen molar-refractivity contribution in [2.24, 2.45) is 0 Å². The quantitative estimate of drug-likeness (QED) is 0.802. The highest BCUT2D eigenvalue weighted by atomic mass is 19.1. The summed E-state index contributed by atoms with van der Waals surface area (Å²) in [6.45, 7) is 3.18. The van der Waals surface area contributed by atoms with Gasteiger partial charge < -0.3 is 10.2 Å². The van der Waals surface area contributed by atoms with Crippen LogP contribution in [0.25, 0.3) is 0 Å². The Bertz CT molecular complexity index is 330. The number of hydrogen-bond acceptors (Lipinski definition) is 2. The molecular formula is C12H17FN2. The summed E-state index contributed by atoms with van der Waals surface area (Å²) in [6.07, 6.45) is 1.07. The molecule has 0 radical (unpaired) electrons. The van der Waals surface area contributed by atoms with Crippen LogP contribution in [0.5, 0.6) is 0 Å². The molecule has 2 rings (SSSR count). The van der Waals surface area contributed by atoms with E-state index in [4.69, 9.17) is 0 Å². The zero-order valence-corrected chi connectivity index (χ0v) is 9.20. The van der Waals surface area contributed by atoms with Gasteiger partial charge in [-0.2, -0.15) is 0 Å². The molecule has 1 aromatic rings. The summed E-state index contributed by atoms with van der Waals surface area (Å²) >= 11 is 0. The number of likely N-dealkylation sites (tertiary alicyclic amines) is 1. The SMILES string of the molecule is CC1CC(Nc2ccccc2F)CN1C. The van der Waals surface area contributed by atoms with E-state index < -0.39 is 0 Å². The van der Waals surface area contributed by atoms with Gasteiger partial charge in [0.15, 0.2) is 0 Å². The lowest BCUT2D eigenvalue weighted by Gasteiger charge is -2.14. The number of halogens is 1. The van der Waals surface area contributed by atoms with Crippen LogP contribution >= 0.6 is 0 Å². The van der Waals surface area contributed by atoms with Crippen molar-refractivity contribution >= 4 is 5.69 Å². The van der Waals surface area contributed by atoms with Crippen molar-refractivity contribution in [1.82, 2.24) is 4.90 Å². The largest absolute Gasteiger partial charge is 0.379 e. The highest BCUT2D eigenvalue weighted by Gasteiger charge is 2.26. The summed E-state index contributed by atoms with van der Waals surface area (Å²) in [5.41, 5.74) is 0.616. The van der Waals surface area contributed by atoms with Crippen LogP contribution in [0.4, 0.5) is 10.1 Å². The van der Waals surface area contributed by atoms with E-state index in [2.05, 4.69) is 24.2 Å². The minimum absolute atomic E-state index is 0.167. The molecule has 82 valence electrons. The third-order valence-corrected chi connectivity index (χ3v) is 3.12. The fourth-order valence-electron chi connectivity index (χ4n) is 2.10. The van der Waals surface area contributed by atoms with Crippen molar-refractivity contribution in [2.75, 3.05) is 18.9 Å². The van der Waals surface area contributed by atoms with E-state index in [9.17, 15) is 4.39 Å². The van der Waals surface area contributed by atoms with Crippen LogP contribution < -0.4 is 5.32 Å². The Morgan fingerprint density at radius 2 is 2.13 bits per heavy atom. The normalized spacial score (nSPS) is 26.9. The molecule has 1 aromatic carbocycles. The summed E-state index contributed by atoms with van der Waals surface area (Å²) in [4.78, 5) is 2.29. The Hall–Kier alpha value is -1.09. The summed E-state index contributed by atoms with van der Waals surface area (Å²) in [5, 5.41) is 3.25. The minimum atomic E-state index is -0.167. The van der Waals surface area contributed by atoms with Gasteiger partial charge in [-0.3, -0.25) is 0 Å². The summed E-state index contributed by atoms with van der Waals surface area (Å²) in [5.74, 6) is -0.167. The second kappa shape index (κ2) is 4.19. The van der Waals surface area contributed by atoms with Gasteiger partial charge in [0.25, 0.3) is 0 Å². The Morgan fingerprint density at radius 1 is 1.40 bits per heavy atom. The number of nitrogens with zero attached hydrogens (tertiary/aromatic N) is 1.